The molecule has 2 atom stereocenters. The summed E-state index contributed by atoms with van der Waals surface area (Å²) < 4.78 is 6.09. The Bertz CT molecular complexity index is 1940. The molecule has 41 heavy (non-hydrogen) atoms. The van der Waals surface area contributed by atoms with E-state index in [1.165, 1.54) is 0 Å². The number of aliphatic carboxylic acids is 1. The lowest BCUT2D eigenvalue weighted by Gasteiger charge is -2.22. The number of hydrogen-bond acceptors (Lipinski definition) is 7. The van der Waals surface area contributed by atoms with Crippen LogP contribution in [0.3, 0.4) is 0 Å². The molecule has 7 rings (SSSR count). The molecule has 204 valence electrons. The molecule has 1 amide bonds. The van der Waals surface area contributed by atoms with Crippen molar-refractivity contribution in [2.24, 2.45) is 5.92 Å². The normalized spacial score (nSPS) is 17.0. The van der Waals surface area contributed by atoms with Crippen molar-refractivity contribution in [1.29, 1.82) is 0 Å². The Kier molecular flexibility index (Phi) is 5.88. The molecular weight excluding hydrogens is 520 g/mol. The Morgan fingerprint density at radius 2 is 1.88 bits per heavy atom. The summed E-state index contributed by atoms with van der Waals surface area (Å²) >= 11 is 0. The van der Waals surface area contributed by atoms with Crippen LogP contribution in [0.2, 0.25) is 0 Å². The summed E-state index contributed by atoms with van der Waals surface area (Å²) in [7, 11) is 0. The predicted octanol–water partition coefficient (Wildman–Crippen LogP) is 5.54. The number of aromatic amines is 1. The van der Waals surface area contributed by atoms with Crippen molar-refractivity contribution in [3.8, 4) is 11.1 Å². The molecule has 0 unspecified atom stereocenters. The molecule has 1 aliphatic heterocycles. The number of rotatable bonds is 6. The second-order valence-electron chi connectivity index (χ2n) is 10.4. The fourth-order valence-corrected chi connectivity index (χ4v) is 5.85. The standard InChI is InChI=1S/C31H26N6O4/c1-17-33-28-22-5-2-3-8-26(22)41-29(28)30(34-17)37-16-18(13-25(37)31(39)40)14-27(38)35-20-11-9-19(10-12-20)21-6-4-7-24-23(21)15-32-36-24/h2-12,15,18,25H,13-14,16H2,1H3,(H,32,36)(H,35,38)(H,39,40)/t18-,25+/m1/s1. The number of furan rings is 1. The Morgan fingerprint density at radius 3 is 2.71 bits per heavy atom. The molecule has 0 aliphatic carbocycles. The minimum Gasteiger partial charge on any atom is -0.480 e. The van der Waals surface area contributed by atoms with Crippen LogP contribution in [0.25, 0.3) is 44.1 Å². The number of carboxylic acid groups (broad SMARTS) is 1. The van der Waals surface area contributed by atoms with E-state index in [4.69, 9.17) is 4.42 Å². The minimum absolute atomic E-state index is 0.168. The molecule has 0 saturated carbocycles. The molecule has 0 radical (unpaired) electrons. The first-order chi connectivity index (χ1) is 19.9. The number of anilines is 2. The van der Waals surface area contributed by atoms with Gasteiger partial charge in [0.15, 0.2) is 11.4 Å². The van der Waals surface area contributed by atoms with Gasteiger partial charge in [0, 0.05) is 29.4 Å². The van der Waals surface area contributed by atoms with Gasteiger partial charge in [0.2, 0.25) is 5.91 Å². The fraction of sp³-hybridized carbons (Fsp3) is 0.194. The lowest BCUT2D eigenvalue weighted by Crippen LogP contribution is -2.36. The van der Waals surface area contributed by atoms with Gasteiger partial charge in [0.05, 0.1) is 11.7 Å². The van der Waals surface area contributed by atoms with Gasteiger partial charge in [0.25, 0.3) is 0 Å². The monoisotopic (exact) mass is 546 g/mol. The summed E-state index contributed by atoms with van der Waals surface area (Å²) in [6.45, 7) is 2.14. The van der Waals surface area contributed by atoms with Gasteiger partial charge >= 0.3 is 5.97 Å². The number of benzene rings is 3. The Hall–Kier alpha value is -5.25. The number of amides is 1. The maximum absolute atomic E-state index is 13.0. The number of hydrogen-bond donors (Lipinski definition) is 3. The number of carbonyl (C=O) groups is 2. The number of fused-ring (bicyclic) bond motifs is 4. The van der Waals surface area contributed by atoms with E-state index in [1.807, 2.05) is 66.7 Å². The quantitative estimate of drug-likeness (QED) is 0.248. The van der Waals surface area contributed by atoms with Crippen molar-refractivity contribution in [3.63, 3.8) is 0 Å². The molecule has 3 aromatic carbocycles. The first kappa shape index (κ1) is 24.8. The average molecular weight is 547 g/mol. The first-order valence-corrected chi connectivity index (χ1v) is 13.4. The molecule has 0 bridgehead atoms. The molecule has 6 aromatic rings. The molecule has 1 saturated heterocycles. The van der Waals surface area contributed by atoms with Crippen LogP contribution in [0.5, 0.6) is 0 Å². The molecule has 3 aromatic heterocycles. The van der Waals surface area contributed by atoms with Crippen LogP contribution in [0.15, 0.2) is 77.3 Å². The van der Waals surface area contributed by atoms with Crippen LogP contribution in [0.1, 0.15) is 18.7 Å². The van der Waals surface area contributed by atoms with Crippen molar-refractivity contribution in [2.45, 2.75) is 25.8 Å². The van der Waals surface area contributed by atoms with Crippen molar-refractivity contribution < 1.29 is 19.1 Å². The number of carboxylic acids is 1. The third kappa shape index (κ3) is 4.43. The van der Waals surface area contributed by atoms with Crippen molar-refractivity contribution >= 4 is 56.4 Å². The highest BCUT2D eigenvalue weighted by atomic mass is 16.4. The molecule has 3 N–H and O–H groups in total. The highest BCUT2D eigenvalue weighted by molar-refractivity contribution is 6.06. The van der Waals surface area contributed by atoms with Gasteiger partial charge in [-0.2, -0.15) is 5.10 Å². The van der Waals surface area contributed by atoms with E-state index in [1.54, 1.807) is 18.0 Å². The third-order valence-electron chi connectivity index (χ3n) is 7.70. The van der Waals surface area contributed by atoms with E-state index in [-0.39, 0.29) is 18.2 Å². The molecular formula is C31H26N6O4. The number of nitrogens with one attached hydrogen (secondary N) is 2. The molecule has 1 fully saturated rings. The van der Waals surface area contributed by atoms with Gasteiger partial charge in [0.1, 0.15) is 23.0 Å². The zero-order valence-corrected chi connectivity index (χ0v) is 22.2. The number of aromatic nitrogens is 4. The van der Waals surface area contributed by atoms with Crippen molar-refractivity contribution in [3.05, 3.63) is 78.8 Å². The largest absolute Gasteiger partial charge is 0.480 e. The van der Waals surface area contributed by atoms with Crippen molar-refractivity contribution in [2.75, 3.05) is 16.8 Å². The number of carbonyl (C=O) groups excluding carboxylic acids is 1. The summed E-state index contributed by atoms with van der Waals surface area (Å²) in [5.74, 6) is -0.335. The summed E-state index contributed by atoms with van der Waals surface area (Å²) in [5.41, 5.74) is 5.49. The van der Waals surface area contributed by atoms with Gasteiger partial charge in [-0.1, -0.05) is 36.4 Å². The predicted molar refractivity (Wildman–Crippen MR) is 156 cm³/mol. The zero-order chi connectivity index (χ0) is 28.1. The van der Waals surface area contributed by atoms with Gasteiger partial charge < -0.3 is 19.7 Å². The van der Waals surface area contributed by atoms with Gasteiger partial charge in [-0.15, -0.1) is 0 Å². The Morgan fingerprint density at radius 1 is 1.05 bits per heavy atom. The number of aryl methyl sites for hydroxylation is 1. The smallest absolute Gasteiger partial charge is 0.326 e. The number of para-hydroxylation sites is 1. The molecule has 0 spiro atoms. The number of nitrogens with zero attached hydrogens (tertiary/aromatic N) is 4. The highest BCUT2D eigenvalue weighted by Gasteiger charge is 2.40. The number of H-pyrrole nitrogens is 1. The molecule has 10 heteroatoms. The second kappa shape index (κ2) is 9.74. The summed E-state index contributed by atoms with van der Waals surface area (Å²) in [6.07, 6.45) is 2.31. The Balaban J connectivity index is 1.09. The van der Waals surface area contributed by atoms with Crippen LogP contribution in [0, 0.1) is 12.8 Å². The summed E-state index contributed by atoms with van der Waals surface area (Å²) in [4.78, 5) is 36.2. The average Bonchev–Trinajstić information content (AvgIpc) is 3.70. The van der Waals surface area contributed by atoms with Crippen LogP contribution in [-0.2, 0) is 9.59 Å². The fourth-order valence-electron chi connectivity index (χ4n) is 5.85. The van der Waals surface area contributed by atoms with Crippen LogP contribution in [0.4, 0.5) is 11.5 Å². The molecule has 10 nitrogen and oxygen atoms in total. The highest BCUT2D eigenvalue weighted by Crippen LogP contribution is 2.38. The van der Waals surface area contributed by atoms with E-state index in [2.05, 4.69) is 25.5 Å². The Labute approximate surface area is 234 Å². The SMILES string of the molecule is Cc1nc(N2C[C@@H](CC(=O)Nc3ccc(-c4cccc5[nH]ncc45)cc3)C[C@H]2C(=O)O)c2oc3ccccc3c2n1. The molecule has 1 aliphatic rings. The van der Waals surface area contributed by atoms with E-state index in [9.17, 15) is 14.7 Å². The summed E-state index contributed by atoms with van der Waals surface area (Å²) in [6, 6.07) is 20.4. The minimum atomic E-state index is -0.961. The lowest BCUT2D eigenvalue weighted by atomic mass is 10.0. The van der Waals surface area contributed by atoms with E-state index < -0.39 is 12.0 Å². The lowest BCUT2D eigenvalue weighted by molar-refractivity contribution is -0.138. The van der Waals surface area contributed by atoms with Gasteiger partial charge in [-0.25, -0.2) is 14.8 Å². The molecule has 4 heterocycles. The maximum Gasteiger partial charge on any atom is 0.326 e. The van der Waals surface area contributed by atoms with Crippen LogP contribution >= 0.6 is 0 Å². The van der Waals surface area contributed by atoms with Gasteiger partial charge in [-0.3, -0.25) is 9.89 Å². The second-order valence-corrected chi connectivity index (χ2v) is 10.4. The van der Waals surface area contributed by atoms with Gasteiger partial charge in [-0.05, 0) is 60.7 Å². The topological polar surface area (TPSA) is 137 Å². The third-order valence-corrected chi connectivity index (χ3v) is 7.70. The van der Waals surface area contributed by atoms with E-state index >= 15 is 0 Å². The first-order valence-electron chi connectivity index (χ1n) is 13.4. The van der Waals surface area contributed by atoms with E-state index in [0.717, 1.165) is 27.4 Å². The zero-order valence-electron chi connectivity index (χ0n) is 22.2. The maximum atomic E-state index is 13.0. The van der Waals surface area contributed by atoms with Crippen LogP contribution in [-0.4, -0.2) is 49.7 Å². The van der Waals surface area contributed by atoms with Crippen LogP contribution < -0.4 is 10.2 Å². The van der Waals surface area contributed by atoms with Crippen molar-refractivity contribution in [1.82, 2.24) is 20.2 Å². The summed E-state index contributed by atoms with van der Waals surface area (Å²) in [5, 5.41) is 22.0. The van der Waals surface area contributed by atoms with E-state index in [0.29, 0.717) is 47.0 Å².